The van der Waals surface area contributed by atoms with E-state index in [1.807, 2.05) is 19.1 Å². The normalized spacial score (nSPS) is 11.2. The lowest BCUT2D eigenvalue weighted by Crippen LogP contribution is -1.99. The summed E-state index contributed by atoms with van der Waals surface area (Å²) in [5, 5.41) is 1.69. The molecule has 2 aromatic rings. The Morgan fingerprint density at radius 1 is 1.44 bits per heavy atom. The van der Waals surface area contributed by atoms with Gasteiger partial charge in [-0.05, 0) is 24.6 Å². The van der Waals surface area contributed by atoms with Crippen LogP contribution in [0.1, 0.15) is 16.9 Å². The van der Waals surface area contributed by atoms with Gasteiger partial charge in [0.15, 0.2) is 0 Å². The highest BCUT2D eigenvalue weighted by molar-refractivity contribution is 6.31. The van der Waals surface area contributed by atoms with E-state index in [4.69, 9.17) is 26.5 Å². The molecule has 16 heavy (non-hydrogen) atoms. The van der Waals surface area contributed by atoms with Crippen LogP contribution in [-0.2, 0) is 17.9 Å². The molecule has 86 valence electrons. The Balaban J connectivity index is 2.73. The number of fused-ring (bicyclic) bond motifs is 1. The smallest absolute Gasteiger partial charge is 0.137 e. The Hall–Kier alpha value is -1.03. The third-order valence-electron chi connectivity index (χ3n) is 2.60. The van der Waals surface area contributed by atoms with Crippen LogP contribution in [0.25, 0.3) is 11.0 Å². The largest absolute Gasteiger partial charge is 0.459 e. The predicted molar refractivity (Wildman–Crippen MR) is 64.6 cm³/mol. The first kappa shape index (κ1) is 11.5. The minimum absolute atomic E-state index is 0.366. The highest BCUT2D eigenvalue weighted by Gasteiger charge is 2.15. The predicted octanol–water partition coefficient (Wildman–Crippen LogP) is 3.00. The van der Waals surface area contributed by atoms with Crippen molar-refractivity contribution in [2.45, 2.75) is 20.1 Å². The zero-order valence-electron chi connectivity index (χ0n) is 9.34. The molecule has 0 fully saturated rings. The Labute approximate surface area is 99.1 Å². The van der Waals surface area contributed by atoms with Crippen molar-refractivity contribution in [1.29, 1.82) is 0 Å². The lowest BCUT2D eigenvalue weighted by atomic mass is 10.1. The standard InChI is InChI=1S/C12H14ClNO2/c1-7-3-8(13)4-9-10(6-15-2)11(5-14)16-12(7)9/h3-4H,5-6,14H2,1-2H3. The van der Waals surface area contributed by atoms with Gasteiger partial charge in [0.25, 0.3) is 0 Å². The molecule has 0 spiro atoms. The molecule has 0 aliphatic heterocycles. The van der Waals surface area contributed by atoms with Crippen molar-refractivity contribution in [2.75, 3.05) is 7.11 Å². The average Bonchev–Trinajstić information content (AvgIpc) is 2.58. The van der Waals surface area contributed by atoms with Crippen LogP contribution in [0.15, 0.2) is 16.5 Å². The van der Waals surface area contributed by atoms with Gasteiger partial charge in [0.2, 0.25) is 0 Å². The molecule has 1 aromatic carbocycles. The lowest BCUT2D eigenvalue weighted by molar-refractivity contribution is 0.184. The average molecular weight is 240 g/mol. The molecular weight excluding hydrogens is 226 g/mol. The van der Waals surface area contributed by atoms with Crippen molar-refractivity contribution in [1.82, 2.24) is 0 Å². The fourth-order valence-corrected chi connectivity index (χ4v) is 2.16. The zero-order valence-corrected chi connectivity index (χ0v) is 10.1. The molecule has 1 heterocycles. The SMILES string of the molecule is COCc1c(CN)oc2c(C)cc(Cl)cc12. The summed E-state index contributed by atoms with van der Waals surface area (Å²) < 4.78 is 10.9. The van der Waals surface area contributed by atoms with Gasteiger partial charge in [0, 0.05) is 23.1 Å². The third-order valence-corrected chi connectivity index (χ3v) is 2.82. The Kier molecular flexibility index (Phi) is 3.19. The number of halogens is 1. The van der Waals surface area contributed by atoms with Gasteiger partial charge in [0.05, 0.1) is 13.2 Å². The number of nitrogens with two attached hydrogens (primary N) is 1. The van der Waals surface area contributed by atoms with Crippen LogP contribution in [0.3, 0.4) is 0 Å². The molecule has 1 aromatic heterocycles. The topological polar surface area (TPSA) is 48.4 Å². The van der Waals surface area contributed by atoms with Crippen LogP contribution < -0.4 is 5.73 Å². The maximum Gasteiger partial charge on any atom is 0.137 e. The Morgan fingerprint density at radius 2 is 2.19 bits per heavy atom. The number of rotatable bonds is 3. The van der Waals surface area contributed by atoms with Gasteiger partial charge >= 0.3 is 0 Å². The Bertz CT molecular complexity index is 519. The van der Waals surface area contributed by atoms with Gasteiger partial charge in [-0.25, -0.2) is 0 Å². The van der Waals surface area contributed by atoms with Gasteiger partial charge in [-0.15, -0.1) is 0 Å². The fourth-order valence-electron chi connectivity index (χ4n) is 1.89. The second kappa shape index (κ2) is 4.45. The number of benzene rings is 1. The highest BCUT2D eigenvalue weighted by atomic mass is 35.5. The molecule has 0 atom stereocenters. The van der Waals surface area contributed by atoms with E-state index < -0.39 is 0 Å². The van der Waals surface area contributed by atoms with Gasteiger partial charge in [-0.1, -0.05) is 11.6 Å². The summed E-state index contributed by atoms with van der Waals surface area (Å²) in [7, 11) is 1.65. The van der Waals surface area contributed by atoms with E-state index in [9.17, 15) is 0 Å². The second-order valence-electron chi connectivity index (χ2n) is 3.74. The molecule has 3 nitrogen and oxygen atoms in total. The first-order chi connectivity index (χ1) is 7.67. The molecule has 0 saturated carbocycles. The zero-order chi connectivity index (χ0) is 11.7. The molecule has 2 N–H and O–H groups in total. The van der Waals surface area contributed by atoms with E-state index in [1.165, 1.54) is 0 Å². The number of furan rings is 1. The van der Waals surface area contributed by atoms with Crippen LogP contribution >= 0.6 is 11.6 Å². The fraction of sp³-hybridized carbons (Fsp3) is 0.333. The summed E-state index contributed by atoms with van der Waals surface area (Å²) >= 11 is 6.03. The van der Waals surface area contributed by atoms with E-state index in [0.29, 0.717) is 18.2 Å². The maximum atomic E-state index is 6.03. The molecule has 0 aliphatic carbocycles. The summed E-state index contributed by atoms with van der Waals surface area (Å²) in [6.07, 6.45) is 0. The van der Waals surface area contributed by atoms with Crippen molar-refractivity contribution < 1.29 is 9.15 Å². The van der Waals surface area contributed by atoms with E-state index in [2.05, 4.69) is 0 Å². The molecule has 2 rings (SSSR count). The minimum Gasteiger partial charge on any atom is -0.459 e. The number of hydrogen-bond acceptors (Lipinski definition) is 3. The van der Waals surface area contributed by atoms with Gasteiger partial charge in [0.1, 0.15) is 11.3 Å². The summed E-state index contributed by atoms with van der Waals surface area (Å²) in [5.74, 6) is 0.766. The van der Waals surface area contributed by atoms with Crippen molar-refractivity contribution in [3.05, 3.63) is 34.0 Å². The number of aryl methyl sites for hydroxylation is 1. The van der Waals surface area contributed by atoms with E-state index >= 15 is 0 Å². The third kappa shape index (κ3) is 1.82. The summed E-state index contributed by atoms with van der Waals surface area (Å²) in [4.78, 5) is 0. The summed E-state index contributed by atoms with van der Waals surface area (Å²) in [6.45, 7) is 2.82. The van der Waals surface area contributed by atoms with E-state index in [1.54, 1.807) is 7.11 Å². The number of ether oxygens (including phenoxy) is 1. The van der Waals surface area contributed by atoms with Crippen molar-refractivity contribution in [3.63, 3.8) is 0 Å². The quantitative estimate of drug-likeness (QED) is 0.896. The lowest BCUT2D eigenvalue weighted by Gasteiger charge is -1.99. The molecule has 0 bridgehead atoms. The minimum atomic E-state index is 0.366. The van der Waals surface area contributed by atoms with Crippen molar-refractivity contribution >= 4 is 22.6 Å². The molecular formula is C12H14ClNO2. The molecule has 4 heteroatoms. The first-order valence-corrected chi connectivity index (χ1v) is 5.44. The first-order valence-electron chi connectivity index (χ1n) is 5.06. The molecule has 0 amide bonds. The maximum absolute atomic E-state index is 6.03. The molecule has 0 unspecified atom stereocenters. The van der Waals surface area contributed by atoms with Gasteiger partial charge in [-0.2, -0.15) is 0 Å². The van der Waals surface area contributed by atoms with Crippen LogP contribution in [0.4, 0.5) is 0 Å². The number of methoxy groups -OCH3 is 1. The van der Waals surface area contributed by atoms with Crippen molar-refractivity contribution in [2.24, 2.45) is 5.73 Å². The molecule has 0 aliphatic rings. The van der Waals surface area contributed by atoms with Crippen LogP contribution in [0, 0.1) is 6.92 Å². The van der Waals surface area contributed by atoms with E-state index in [-0.39, 0.29) is 0 Å². The molecule has 0 radical (unpaired) electrons. The van der Waals surface area contributed by atoms with E-state index in [0.717, 1.165) is 27.9 Å². The number of hydrogen-bond donors (Lipinski definition) is 1. The van der Waals surface area contributed by atoms with Crippen molar-refractivity contribution in [3.8, 4) is 0 Å². The second-order valence-corrected chi connectivity index (χ2v) is 4.18. The highest BCUT2D eigenvalue weighted by Crippen LogP contribution is 2.31. The van der Waals surface area contributed by atoms with Crippen LogP contribution in [0.5, 0.6) is 0 Å². The van der Waals surface area contributed by atoms with Gasteiger partial charge < -0.3 is 14.9 Å². The summed E-state index contributed by atoms with van der Waals surface area (Å²) in [5.41, 5.74) is 8.50. The van der Waals surface area contributed by atoms with Crippen LogP contribution in [0.2, 0.25) is 5.02 Å². The molecule has 0 saturated heterocycles. The van der Waals surface area contributed by atoms with Gasteiger partial charge in [-0.3, -0.25) is 0 Å². The monoisotopic (exact) mass is 239 g/mol. The summed E-state index contributed by atoms with van der Waals surface area (Å²) in [6, 6.07) is 3.77. The Morgan fingerprint density at radius 3 is 2.81 bits per heavy atom. The van der Waals surface area contributed by atoms with Crippen LogP contribution in [-0.4, -0.2) is 7.11 Å².